The van der Waals surface area contributed by atoms with Crippen molar-refractivity contribution in [2.24, 2.45) is 5.73 Å². The predicted octanol–water partition coefficient (Wildman–Crippen LogP) is 1.25. The number of ether oxygens (including phenoxy) is 2. The van der Waals surface area contributed by atoms with E-state index < -0.39 is 0 Å². The Labute approximate surface area is 75.1 Å². The average Bonchev–Trinajstić information content (AvgIpc) is 2.75. The molecule has 0 radical (unpaired) electrons. The highest BCUT2D eigenvalue weighted by molar-refractivity contribution is 7.10. The van der Waals surface area contributed by atoms with Gasteiger partial charge in [-0.3, -0.25) is 0 Å². The first-order valence-corrected chi connectivity index (χ1v) is 4.78. The molecule has 12 heavy (non-hydrogen) atoms. The van der Waals surface area contributed by atoms with Crippen LogP contribution in [0.4, 0.5) is 0 Å². The minimum Gasteiger partial charge on any atom is -0.345 e. The van der Waals surface area contributed by atoms with Gasteiger partial charge in [0.05, 0.1) is 18.1 Å². The van der Waals surface area contributed by atoms with E-state index in [9.17, 15) is 0 Å². The van der Waals surface area contributed by atoms with Gasteiger partial charge in [-0.15, -0.1) is 11.3 Å². The highest BCUT2D eigenvalue weighted by atomic mass is 32.1. The molecule has 0 aromatic carbocycles. The number of rotatable bonds is 2. The van der Waals surface area contributed by atoms with Crippen molar-refractivity contribution in [2.75, 3.05) is 13.2 Å². The zero-order valence-electron chi connectivity index (χ0n) is 6.66. The summed E-state index contributed by atoms with van der Waals surface area (Å²) in [7, 11) is 0. The second kappa shape index (κ2) is 3.53. The first-order chi connectivity index (χ1) is 5.90. The van der Waals surface area contributed by atoms with Gasteiger partial charge >= 0.3 is 0 Å². The molecule has 0 spiro atoms. The summed E-state index contributed by atoms with van der Waals surface area (Å²) in [5, 5.41) is 2.04. The second-order valence-corrected chi connectivity index (χ2v) is 3.58. The smallest absolute Gasteiger partial charge is 0.193 e. The van der Waals surface area contributed by atoms with Gasteiger partial charge < -0.3 is 15.2 Å². The van der Waals surface area contributed by atoms with Crippen LogP contribution in [0.2, 0.25) is 0 Å². The molecule has 0 bridgehead atoms. The summed E-state index contributed by atoms with van der Waals surface area (Å²) in [5.41, 5.74) is 6.63. The van der Waals surface area contributed by atoms with Gasteiger partial charge in [0.25, 0.3) is 0 Å². The lowest BCUT2D eigenvalue weighted by molar-refractivity contribution is -0.0413. The molecule has 0 saturated carbocycles. The largest absolute Gasteiger partial charge is 0.345 e. The van der Waals surface area contributed by atoms with Crippen LogP contribution in [-0.4, -0.2) is 13.2 Å². The fraction of sp³-hybridized carbons (Fsp3) is 0.500. The van der Waals surface area contributed by atoms with Crippen LogP contribution in [-0.2, 0) is 16.0 Å². The third-order valence-electron chi connectivity index (χ3n) is 1.76. The van der Waals surface area contributed by atoms with Gasteiger partial charge in [-0.2, -0.15) is 0 Å². The van der Waals surface area contributed by atoms with E-state index in [0.717, 1.165) is 10.4 Å². The van der Waals surface area contributed by atoms with Gasteiger partial charge in [-0.25, -0.2) is 0 Å². The molecule has 4 heteroatoms. The van der Waals surface area contributed by atoms with Crippen molar-refractivity contribution in [3.05, 3.63) is 21.9 Å². The highest BCUT2D eigenvalue weighted by Crippen LogP contribution is 2.28. The summed E-state index contributed by atoms with van der Waals surface area (Å²) in [6.07, 6.45) is -0.143. The fourth-order valence-electron chi connectivity index (χ4n) is 1.15. The Bertz CT molecular complexity index is 255. The molecule has 1 saturated heterocycles. The molecule has 1 aliphatic heterocycles. The SMILES string of the molecule is NCc1csc(C2OCCO2)c1. The summed E-state index contributed by atoms with van der Waals surface area (Å²) in [6, 6.07) is 2.04. The molecule has 1 aromatic rings. The van der Waals surface area contributed by atoms with Crippen LogP contribution >= 0.6 is 11.3 Å². The molecular formula is C8H11NO2S. The summed E-state index contributed by atoms with van der Waals surface area (Å²) in [6.45, 7) is 1.98. The normalized spacial score (nSPS) is 18.8. The van der Waals surface area contributed by atoms with Crippen LogP contribution in [0.25, 0.3) is 0 Å². The Morgan fingerprint density at radius 2 is 2.25 bits per heavy atom. The summed E-state index contributed by atoms with van der Waals surface area (Å²) >= 11 is 1.64. The lowest BCUT2D eigenvalue weighted by atomic mass is 10.3. The Morgan fingerprint density at radius 1 is 1.50 bits per heavy atom. The first-order valence-electron chi connectivity index (χ1n) is 3.91. The first kappa shape index (κ1) is 8.19. The third-order valence-corrected chi connectivity index (χ3v) is 2.77. The van der Waals surface area contributed by atoms with Crippen LogP contribution in [0.3, 0.4) is 0 Å². The van der Waals surface area contributed by atoms with Crippen LogP contribution in [0.15, 0.2) is 11.4 Å². The Morgan fingerprint density at radius 3 is 2.83 bits per heavy atom. The average molecular weight is 185 g/mol. The van der Waals surface area contributed by atoms with E-state index in [4.69, 9.17) is 15.2 Å². The topological polar surface area (TPSA) is 44.5 Å². The maximum absolute atomic E-state index is 5.49. The second-order valence-electron chi connectivity index (χ2n) is 2.63. The van der Waals surface area contributed by atoms with E-state index in [0.29, 0.717) is 19.8 Å². The molecule has 3 nitrogen and oxygen atoms in total. The van der Waals surface area contributed by atoms with Crippen molar-refractivity contribution in [1.29, 1.82) is 0 Å². The highest BCUT2D eigenvalue weighted by Gasteiger charge is 2.19. The maximum Gasteiger partial charge on any atom is 0.193 e. The van der Waals surface area contributed by atoms with E-state index >= 15 is 0 Å². The van der Waals surface area contributed by atoms with Crippen LogP contribution in [0.1, 0.15) is 16.7 Å². The van der Waals surface area contributed by atoms with Gasteiger partial charge in [-0.05, 0) is 17.0 Å². The molecule has 2 N–H and O–H groups in total. The summed E-state index contributed by atoms with van der Waals surface area (Å²) < 4.78 is 10.7. The molecular weight excluding hydrogens is 174 g/mol. The van der Waals surface area contributed by atoms with E-state index in [2.05, 4.69) is 0 Å². The van der Waals surface area contributed by atoms with Gasteiger partial charge in [0.1, 0.15) is 0 Å². The predicted molar refractivity (Wildman–Crippen MR) is 46.9 cm³/mol. The zero-order chi connectivity index (χ0) is 8.39. The van der Waals surface area contributed by atoms with Crippen molar-refractivity contribution >= 4 is 11.3 Å². The van der Waals surface area contributed by atoms with E-state index in [1.807, 2.05) is 11.4 Å². The monoisotopic (exact) mass is 185 g/mol. The molecule has 66 valence electrons. The van der Waals surface area contributed by atoms with Crippen molar-refractivity contribution in [3.8, 4) is 0 Å². The van der Waals surface area contributed by atoms with Crippen molar-refractivity contribution in [1.82, 2.24) is 0 Å². The van der Waals surface area contributed by atoms with Crippen LogP contribution in [0.5, 0.6) is 0 Å². The molecule has 0 amide bonds. The minimum atomic E-state index is -0.143. The molecule has 2 heterocycles. The zero-order valence-corrected chi connectivity index (χ0v) is 7.47. The minimum absolute atomic E-state index is 0.143. The summed E-state index contributed by atoms with van der Waals surface area (Å²) in [4.78, 5) is 1.12. The molecule has 1 aromatic heterocycles. The fourth-order valence-corrected chi connectivity index (χ4v) is 2.07. The van der Waals surface area contributed by atoms with E-state index in [1.54, 1.807) is 11.3 Å². The quantitative estimate of drug-likeness (QED) is 0.754. The molecule has 1 fully saturated rings. The molecule has 2 rings (SSSR count). The molecule has 0 unspecified atom stereocenters. The third kappa shape index (κ3) is 1.51. The number of thiophene rings is 1. The maximum atomic E-state index is 5.49. The van der Waals surface area contributed by atoms with Gasteiger partial charge in [0.15, 0.2) is 6.29 Å². The molecule has 0 aliphatic carbocycles. The van der Waals surface area contributed by atoms with Crippen LogP contribution in [0, 0.1) is 0 Å². The van der Waals surface area contributed by atoms with Gasteiger partial charge in [0, 0.05) is 6.54 Å². The van der Waals surface area contributed by atoms with E-state index in [-0.39, 0.29) is 6.29 Å². The Hall–Kier alpha value is -0.420. The number of hydrogen-bond acceptors (Lipinski definition) is 4. The van der Waals surface area contributed by atoms with E-state index in [1.165, 1.54) is 0 Å². The summed E-state index contributed by atoms with van der Waals surface area (Å²) in [5.74, 6) is 0. The molecule has 0 atom stereocenters. The van der Waals surface area contributed by atoms with Crippen LogP contribution < -0.4 is 5.73 Å². The number of nitrogens with two attached hydrogens (primary N) is 1. The Balaban J connectivity index is 2.11. The van der Waals surface area contributed by atoms with Crippen molar-refractivity contribution in [2.45, 2.75) is 12.8 Å². The van der Waals surface area contributed by atoms with Crippen molar-refractivity contribution in [3.63, 3.8) is 0 Å². The molecule has 1 aliphatic rings. The Kier molecular flexibility index (Phi) is 2.41. The lowest BCUT2D eigenvalue weighted by Crippen LogP contribution is -1.96. The number of hydrogen-bond donors (Lipinski definition) is 1. The van der Waals surface area contributed by atoms with Gasteiger partial charge in [0.2, 0.25) is 0 Å². The van der Waals surface area contributed by atoms with Crippen molar-refractivity contribution < 1.29 is 9.47 Å². The lowest BCUT2D eigenvalue weighted by Gasteiger charge is -2.04. The van der Waals surface area contributed by atoms with Gasteiger partial charge in [-0.1, -0.05) is 0 Å². The standard InChI is InChI=1S/C8H11NO2S/c9-4-6-3-7(12-5-6)8-10-1-2-11-8/h3,5,8H,1-2,4,9H2.